The van der Waals surface area contributed by atoms with Gasteiger partial charge in [0.05, 0.1) is 11.1 Å². The quantitative estimate of drug-likeness (QED) is 0.434. The van der Waals surface area contributed by atoms with Crippen LogP contribution in [0.2, 0.25) is 0 Å². The Labute approximate surface area is 143 Å². The second kappa shape index (κ2) is 5.37. The van der Waals surface area contributed by atoms with E-state index in [1.165, 1.54) is 12.1 Å². The average Bonchev–Trinajstić information content (AvgIpc) is 3.31. The van der Waals surface area contributed by atoms with Crippen molar-refractivity contribution in [3.63, 3.8) is 0 Å². The number of phenolic OH excluding ortho intramolecular Hbond substituents is 2. The minimum absolute atomic E-state index is 0.150. The van der Waals surface area contributed by atoms with Gasteiger partial charge in [0.1, 0.15) is 0 Å². The van der Waals surface area contributed by atoms with Crippen LogP contribution in [-0.2, 0) is 10.2 Å². The molecule has 25 heavy (non-hydrogen) atoms. The van der Waals surface area contributed by atoms with Crippen molar-refractivity contribution in [3.8, 4) is 11.5 Å². The highest BCUT2D eigenvalue weighted by Crippen LogP contribution is 2.50. The summed E-state index contributed by atoms with van der Waals surface area (Å²) in [6, 6.07) is 11.6. The number of fused-ring (bicyclic) bond motifs is 1. The van der Waals surface area contributed by atoms with E-state index in [1.54, 1.807) is 24.3 Å². The number of carbonyl (C=O) groups excluding carboxylic acids is 2. The molecule has 4 rings (SSSR count). The first-order chi connectivity index (χ1) is 12.0. The van der Waals surface area contributed by atoms with E-state index in [4.69, 9.17) is 0 Å². The van der Waals surface area contributed by atoms with Crippen molar-refractivity contribution < 1.29 is 19.8 Å². The standard InChI is InChI=1S/C19H16N2O4/c22-10-14-8-11-7-13(2-3-15(11)20-14)21-18(25)19(5-6-19)12-1-4-16(23)17(24)9-12/h1-4,7-10,20,23-24H,5-6H2,(H,21,25). The molecular weight excluding hydrogens is 320 g/mol. The summed E-state index contributed by atoms with van der Waals surface area (Å²) in [5.41, 5.74) is 1.96. The maximum absolute atomic E-state index is 12.8. The van der Waals surface area contributed by atoms with Gasteiger partial charge in [0.15, 0.2) is 17.8 Å². The topological polar surface area (TPSA) is 102 Å². The summed E-state index contributed by atoms with van der Waals surface area (Å²) in [6.45, 7) is 0. The number of rotatable bonds is 4. The monoisotopic (exact) mass is 336 g/mol. The normalized spacial score (nSPS) is 15.0. The molecule has 6 heteroatoms. The molecule has 0 aliphatic heterocycles. The highest BCUT2D eigenvalue weighted by molar-refractivity contribution is 6.03. The third-order valence-electron chi connectivity index (χ3n) is 4.74. The Morgan fingerprint density at radius 2 is 1.88 bits per heavy atom. The highest BCUT2D eigenvalue weighted by atomic mass is 16.3. The summed E-state index contributed by atoms with van der Waals surface area (Å²) in [6.07, 6.45) is 2.12. The lowest BCUT2D eigenvalue weighted by Crippen LogP contribution is -2.27. The Morgan fingerprint density at radius 1 is 1.08 bits per heavy atom. The van der Waals surface area contributed by atoms with Gasteiger partial charge in [-0.3, -0.25) is 9.59 Å². The Balaban J connectivity index is 1.60. The van der Waals surface area contributed by atoms with Gasteiger partial charge in [-0.05, 0) is 54.8 Å². The number of aldehydes is 1. The fraction of sp³-hybridized carbons (Fsp3) is 0.158. The van der Waals surface area contributed by atoms with Gasteiger partial charge in [-0.25, -0.2) is 0 Å². The van der Waals surface area contributed by atoms with E-state index in [0.717, 1.165) is 17.2 Å². The first-order valence-corrected chi connectivity index (χ1v) is 7.94. The van der Waals surface area contributed by atoms with Crippen molar-refractivity contribution in [2.24, 2.45) is 0 Å². The van der Waals surface area contributed by atoms with E-state index in [0.29, 0.717) is 29.8 Å². The van der Waals surface area contributed by atoms with Crippen LogP contribution in [0.25, 0.3) is 10.9 Å². The van der Waals surface area contributed by atoms with Crippen LogP contribution in [0.5, 0.6) is 11.5 Å². The van der Waals surface area contributed by atoms with E-state index in [1.807, 2.05) is 6.07 Å². The molecule has 0 bridgehead atoms. The summed E-state index contributed by atoms with van der Waals surface area (Å²) >= 11 is 0. The molecule has 1 aliphatic carbocycles. The van der Waals surface area contributed by atoms with Crippen LogP contribution in [0, 0.1) is 0 Å². The van der Waals surface area contributed by atoms with E-state index < -0.39 is 5.41 Å². The lowest BCUT2D eigenvalue weighted by Gasteiger charge is -2.16. The van der Waals surface area contributed by atoms with Crippen molar-refractivity contribution in [3.05, 3.63) is 53.7 Å². The molecule has 0 saturated heterocycles. The number of benzene rings is 2. The molecule has 126 valence electrons. The molecule has 0 atom stereocenters. The van der Waals surface area contributed by atoms with Crippen molar-refractivity contribution in [1.29, 1.82) is 0 Å². The Bertz CT molecular complexity index is 1000. The maximum atomic E-state index is 12.8. The van der Waals surface area contributed by atoms with Crippen molar-refractivity contribution in [2.75, 3.05) is 5.32 Å². The smallest absolute Gasteiger partial charge is 0.235 e. The zero-order chi connectivity index (χ0) is 17.6. The molecule has 2 aromatic carbocycles. The van der Waals surface area contributed by atoms with E-state index in [2.05, 4.69) is 10.3 Å². The highest BCUT2D eigenvalue weighted by Gasteiger charge is 2.51. The van der Waals surface area contributed by atoms with Gasteiger partial charge in [-0.1, -0.05) is 6.07 Å². The largest absolute Gasteiger partial charge is 0.504 e. The summed E-state index contributed by atoms with van der Waals surface area (Å²) in [4.78, 5) is 26.6. The van der Waals surface area contributed by atoms with Gasteiger partial charge in [-0.2, -0.15) is 0 Å². The minimum atomic E-state index is -0.674. The van der Waals surface area contributed by atoms with Gasteiger partial charge < -0.3 is 20.5 Å². The lowest BCUT2D eigenvalue weighted by atomic mass is 9.94. The Hall–Kier alpha value is -3.28. The molecule has 1 aliphatic rings. The van der Waals surface area contributed by atoms with Gasteiger partial charge in [-0.15, -0.1) is 0 Å². The zero-order valence-corrected chi connectivity index (χ0v) is 13.2. The number of aromatic hydroxyl groups is 2. The fourth-order valence-electron chi connectivity index (χ4n) is 3.14. The van der Waals surface area contributed by atoms with Crippen LogP contribution in [0.1, 0.15) is 28.9 Å². The van der Waals surface area contributed by atoms with Gasteiger partial charge >= 0.3 is 0 Å². The summed E-state index contributed by atoms with van der Waals surface area (Å²) in [7, 11) is 0. The van der Waals surface area contributed by atoms with E-state index in [-0.39, 0.29) is 17.4 Å². The average molecular weight is 336 g/mol. The zero-order valence-electron chi connectivity index (χ0n) is 13.2. The number of anilines is 1. The minimum Gasteiger partial charge on any atom is -0.504 e. The van der Waals surface area contributed by atoms with E-state index in [9.17, 15) is 19.8 Å². The summed E-state index contributed by atoms with van der Waals surface area (Å²) in [5, 5.41) is 22.9. The molecule has 1 aromatic heterocycles. The number of aromatic amines is 1. The molecule has 3 aromatic rings. The van der Waals surface area contributed by atoms with Crippen molar-refractivity contribution in [1.82, 2.24) is 4.98 Å². The SMILES string of the molecule is O=Cc1cc2cc(NC(=O)C3(c4ccc(O)c(O)c4)CC3)ccc2[nH]1. The molecule has 0 radical (unpaired) electrons. The van der Waals surface area contributed by atoms with Crippen LogP contribution in [-0.4, -0.2) is 27.4 Å². The fourth-order valence-corrected chi connectivity index (χ4v) is 3.14. The molecule has 4 N–H and O–H groups in total. The van der Waals surface area contributed by atoms with Crippen LogP contribution in [0.3, 0.4) is 0 Å². The number of phenols is 2. The maximum Gasteiger partial charge on any atom is 0.235 e. The molecule has 1 heterocycles. The van der Waals surface area contributed by atoms with Crippen molar-refractivity contribution in [2.45, 2.75) is 18.3 Å². The Kier molecular flexibility index (Phi) is 3.28. The number of amides is 1. The van der Waals surface area contributed by atoms with Crippen LogP contribution >= 0.6 is 0 Å². The van der Waals surface area contributed by atoms with Crippen LogP contribution < -0.4 is 5.32 Å². The number of hydrogen-bond acceptors (Lipinski definition) is 4. The van der Waals surface area contributed by atoms with Gasteiger partial charge in [0.25, 0.3) is 0 Å². The second-order valence-electron chi connectivity index (χ2n) is 6.38. The molecule has 6 nitrogen and oxygen atoms in total. The first-order valence-electron chi connectivity index (χ1n) is 7.94. The number of carbonyl (C=O) groups is 2. The number of hydrogen-bond donors (Lipinski definition) is 4. The molecule has 1 saturated carbocycles. The molecule has 0 spiro atoms. The Morgan fingerprint density at radius 3 is 2.56 bits per heavy atom. The number of aromatic nitrogens is 1. The van der Waals surface area contributed by atoms with Crippen molar-refractivity contribution >= 4 is 28.8 Å². The van der Waals surface area contributed by atoms with Gasteiger partial charge in [0.2, 0.25) is 5.91 Å². The van der Waals surface area contributed by atoms with E-state index >= 15 is 0 Å². The first kappa shape index (κ1) is 15.3. The predicted octanol–water partition coefficient (Wildman–Crippen LogP) is 3.06. The number of H-pyrrole nitrogens is 1. The second-order valence-corrected chi connectivity index (χ2v) is 6.38. The number of nitrogens with one attached hydrogen (secondary N) is 2. The van der Waals surface area contributed by atoms with Crippen LogP contribution in [0.4, 0.5) is 5.69 Å². The molecule has 1 fully saturated rings. The summed E-state index contributed by atoms with van der Waals surface area (Å²) in [5.74, 6) is -0.585. The molecular formula is C19H16N2O4. The third-order valence-corrected chi connectivity index (χ3v) is 4.74. The summed E-state index contributed by atoms with van der Waals surface area (Å²) < 4.78 is 0. The molecule has 1 amide bonds. The third kappa shape index (κ3) is 2.52. The lowest BCUT2D eigenvalue weighted by molar-refractivity contribution is -0.118. The molecule has 0 unspecified atom stereocenters. The van der Waals surface area contributed by atoms with Crippen LogP contribution in [0.15, 0.2) is 42.5 Å². The van der Waals surface area contributed by atoms with Gasteiger partial charge in [0, 0.05) is 16.6 Å². The predicted molar refractivity (Wildman–Crippen MR) is 93.0 cm³/mol.